The average molecular weight is 289 g/mol. The molecule has 2 rings (SSSR count). The third kappa shape index (κ3) is 3.31. The van der Waals surface area contributed by atoms with Crippen molar-refractivity contribution in [1.82, 2.24) is 4.98 Å². The van der Waals surface area contributed by atoms with Crippen molar-refractivity contribution in [3.05, 3.63) is 47.0 Å². The predicted molar refractivity (Wildman–Crippen MR) is 63.7 cm³/mol. The molecule has 2 aromatic rings. The van der Waals surface area contributed by atoms with Gasteiger partial charge in [-0.05, 0) is 12.1 Å². The number of hydrogen-bond acceptors (Lipinski definition) is 2. The third-order valence-electron chi connectivity index (χ3n) is 2.28. The van der Waals surface area contributed by atoms with E-state index in [1.165, 1.54) is 24.4 Å². The molecule has 0 spiro atoms. The molecular formula is C12H7F4NOS. The van der Waals surface area contributed by atoms with Crippen molar-refractivity contribution >= 4 is 12.2 Å². The van der Waals surface area contributed by atoms with E-state index >= 15 is 0 Å². The summed E-state index contributed by atoms with van der Waals surface area (Å²) in [5.41, 5.74) is 0.330. The molecule has 0 saturated heterocycles. The average Bonchev–Trinajstić information content (AvgIpc) is 2.31. The highest BCUT2D eigenvalue weighted by Crippen LogP contribution is 2.33. The number of pyridine rings is 1. The lowest BCUT2D eigenvalue weighted by Gasteiger charge is -2.13. The van der Waals surface area contributed by atoms with Gasteiger partial charge in [-0.25, -0.2) is 4.39 Å². The fourth-order valence-corrected chi connectivity index (χ4v) is 1.65. The van der Waals surface area contributed by atoms with Crippen molar-refractivity contribution in [2.75, 3.05) is 0 Å². The van der Waals surface area contributed by atoms with E-state index in [4.69, 9.17) is 0 Å². The van der Waals surface area contributed by atoms with Crippen LogP contribution in [0.15, 0.2) is 36.5 Å². The summed E-state index contributed by atoms with van der Waals surface area (Å²) in [5, 5.41) is 0. The van der Waals surface area contributed by atoms with E-state index in [9.17, 15) is 17.6 Å². The summed E-state index contributed by atoms with van der Waals surface area (Å²) < 4.78 is 53.9. The highest BCUT2D eigenvalue weighted by atomic mass is 32.1. The Kier molecular flexibility index (Phi) is 3.57. The van der Waals surface area contributed by atoms with Gasteiger partial charge >= 0.3 is 6.36 Å². The molecule has 100 valence electrons. The van der Waals surface area contributed by atoms with Crippen molar-refractivity contribution in [3.8, 4) is 16.9 Å². The molecule has 0 atom stereocenters. The molecule has 0 aliphatic carbocycles. The first-order valence-electron chi connectivity index (χ1n) is 5.10. The molecule has 1 heterocycles. The number of aromatic nitrogens is 1. The molecule has 0 bridgehead atoms. The second-order valence-electron chi connectivity index (χ2n) is 3.61. The Morgan fingerprint density at radius 3 is 2.47 bits per heavy atom. The Morgan fingerprint density at radius 1 is 1.16 bits per heavy atom. The monoisotopic (exact) mass is 289 g/mol. The number of para-hydroxylation sites is 1. The van der Waals surface area contributed by atoms with Crippen molar-refractivity contribution in [2.45, 2.75) is 6.36 Å². The van der Waals surface area contributed by atoms with Crippen LogP contribution in [-0.4, -0.2) is 11.3 Å². The van der Waals surface area contributed by atoms with E-state index in [-0.39, 0.29) is 15.8 Å². The number of nitrogens with one attached hydrogen (secondary N) is 1. The SMILES string of the molecule is Fc1cc(-c2ccccc2OC(F)(F)F)c[nH]c1=S. The number of benzene rings is 1. The Labute approximate surface area is 110 Å². The molecular weight excluding hydrogens is 282 g/mol. The van der Waals surface area contributed by atoms with Gasteiger partial charge in [-0.2, -0.15) is 0 Å². The topological polar surface area (TPSA) is 25.0 Å². The highest BCUT2D eigenvalue weighted by molar-refractivity contribution is 7.71. The van der Waals surface area contributed by atoms with Gasteiger partial charge < -0.3 is 9.72 Å². The third-order valence-corrected chi connectivity index (χ3v) is 2.59. The fraction of sp³-hybridized carbons (Fsp3) is 0.0833. The molecule has 0 unspecified atom stereocenters. The molecule has 0 saturated carbocycles. The Balaban J connectivity index is 2.50. The number of halogens is 4. The van der Waals surface area contributed by atoms with Crippen LogP contribution in [0.25, 0.3) is 11.1 Å². The minimum absolute atomic E-state index is 0.113. The first-order chi connectivity index (χ1) is 8.87. The van der Waals surface area contributed by atoms with Gasteiger partial charge in [-0.1, -0.05) is 30.4 Å². The number of rotatable bonds is 2. The second-order valence-corrected chi connectivity index (χ2v) is 4.02. The number of ether oxygens (including phenoxy) is 1. The van der Waals surface area contributed by atoms with Gasteiger partial charge in [0.25, 0.3) is 0 Å². The Bertz CT molecular complexity index is 651. The molecule has 2 nitrogen and oxygen atoms in total. The smallest absolute Gasteiger partial charge is 0.405 e. The lowest BCUT2D eigenvalue weighted by Crippen LogP contribution is -2.17. The molecule has 0 amide bonds. The molecule has 1 aromatic heterocycles. The number of alkyl halides is 3. The molecule has 1 aromatic carbocycles. The first kappa shape index (κ1) is 13.5. The normalized spacial score (nSPS) is 11.4. The van der Waals surface area contributed by atoms with Crippen molar-refractivity contribution in [2.24, 2.45) is 0 Å². The number of aromatic amines is 1. The first-order valence-corrected chi connectivity index (χ1v) is 5.51. The van der Waals surface area contributed by atoms with Gasteiger partial charge in [0.2, 0.25) is 0 Å². The quantitative estimate of drug-likeness (QED) is 0.652. The summed E-state index contributed by atoms with van der Waals surface area (Å²) in [6, 6.07) is 6.52. The highest BCUT2D eigenvalue weighted by Gasteiger charge is 2.32. The summed E-state index contributed by atoms with van der Waals surface area (Å²) in [4.78, 5) is 2.46. The van der Waals surface area contributed by atoms with Gasteiger partial charge in [-0.3, -0.25) is 0 Å². The molecule has 0 fully saturated rings. The van der Waals surface area contributed by atoms with Gasteiger partial charge in [0.1, 0.15) is 10.4 Å². The van der Waals surface area contributed by atoms with Crippen LogP contribution in [0.5, 0.6) is 5.75 Å². The minimum atomic E-state index is -4.81. The molecule has 0 aliphatic heterocycles. The van der Waals surface area contributed by atoms with Crippen LogP contribution in [0.2, 0.25) is 0 Å². The molecule has 0 aliphatic rings. The maximum atomic E-state index is 13.3. The number of H-pyrrole nitrogens is 1. The fourth-order valence-electron chi connectivity index (χ4n) is 1.53. The van der Waals surface area contributed by atoms with Gasteiger partial charge in [0, 0.05) is 17.3 Å². The van der Waals surface area contributed by atoms with Crippen molar-refractivity contribution < 1.29 is 22.3 Å². The zero-order valence-corrected chi connectivity index (χ0v) is 10.1. The molecule has 1 N–H and O–H groups in total. The van der Waals surface area contributed by atoms with E-state index in [1.807, 2.05) is 0 Å². The van der Waals surface area contributed by atoms with E-state index < -0.39 is 17.9 Å². The van der Waals surface area contributed by atoms with Crippen molar-refractivity contribution in [3.63, 3.8) is 0 Å². The Hall–Kier alpha value is -1.89. The van der Waals surface area contributed by atoms with Crippen LogP contribution in [-0.2, 0) is 0 Å². The predicted octanol–water partition coefficient (Wildman–Crippen LogP) is 4.45. The van der Waals surface area contributed by atoms with E-state index in [1.54, 1.807) is 0 Å². The largest absolute Gasteiger partial charge is 0.573 e. The zero-order valence-electron chi connectivity index (χ0n) is 9.29. The minimum Gasteiger partial charge on any atom is -0.405 e. The lowest BCUT2D eigenvalue weighted by molar-refractivity contribution is -0.274. The maximum absolute atomic E-state index is 13.3. The maximum Gasteiger partial charge on any atom is 0.573 e. The molecule has 7 heteroatoms. The van der Waals surface area contributed by atoms with Gasteiger partial charge in [0.05, 0.1) is 0 Å². The summed E-state index contributed by atoms with van der Waals surface area (Å²) in [7, 11) is 0. The van der Waals surface area contributed by atoms with Crippen LogP contribution in [0.4, 0.5) is 17.6 Å². The van der Waals surface area contributed by atoms with Gasteiger partial charge in [0.15, 0.2) is 5.82 Å². The van der Waals surface area contributed by atoms with E-state index in [2.05, 4.69) is 21.9 Å². The molecule has 19 heavy (non-hydrogen) atoms. The van der Waals surface area contributed by atoms with E-state index in [0.29, 0.717) is 0 Å². The summed E-state index contributed by atoms with van der Waals surface area (Å²) in [6.45, 7) is 0. The summed E-state index contributed by atoms with van der Waals surface area (Å²) in [5.74, 6) is -1.12. The van der Waals surface area contributed by atoms with Crippen molar-refractivity contribution in [1.29, 1.82) is 0 Å². The van der Waals surface area contributed by atoms with Crippen LogP contribution in [0.1, 0.15) is 0 Å². The number of hydrogen-bond donors (Lipinski definition) is 1. The van der Waals surface area contributed by atoms with E-state index in [0.717, 1.165) is 12.1 Å². The second kappa shape index (κ2) is 5.00. The van der Waals surface area contributed by atoms with Crippen LogP contribution >= 0.6 is 12.2 Å². The van der Waals surface area contributed by atoms with Crippen LogP contribution in [0, 0.1) is 10.5 Å². The standard InChI is InChI=1S/C12H7F4NOS/c13-9-5-7(6-17-11(9)19)8-3-1-2-4-10(8)18-12(14,15)16/h1-6H,(H,17,19). The van der Waals surface area contributed by atoms with Crippen LogP contribution in [0.3, 0.4) is 0 Å². The Morgan fingerprint density at radius 2 is 1.84 bits per heavy atom. The lowest BCUT2D eigenvalue weighted by atomic mass is 10.1. The summed E-state index contributed by atoms with van der Waals surface area (Å²) >= 11 is 4.64. The molecule has 0 radical (unpaired) electrons. The van der Waals surface area contributed by atoms with Gasteiger partial charge in [-0.15, -0.1) is 13.2 Å². The summed E-state index contributed by atoms with van der Waals surface area (Å²) in [6.07, 6.45) is -3.49. The zero-order chi connectivity index (χ0) is 14.0. The van der Waals surface area contributed by atoms with Crippen LogP contribution < -0.4 is 4.74 Å².